The van der Waals surface area contributed by atoms with Crippen LogP contribution in [0.4, 0.5) is 29.2 Å². The number of pyridine rings is 2. The van der Waals surface area contributed by atoms with Crippen molar-refractivity contribution < 1.29 is 35.9 Å². The molecule has 0 amide bonds. The van der Waals surface area contributed by atoms with Gasteiger partial charge in [0.2, 0.25) is 0 Å². The maximum atomic E-state index is 14.1. The lowest BCUT2D eigenvalue weighted by atomic mass is 10.0. The zero-order valence-corrected chi connectivity index (χ0v) is 20.7. The summed E-state index contributed by atoms with van der Waals surface area (Å²) in [6.07, 6.45) is -3.83. The average molecular weight is 541 g/mol. The minimum atomic E-state index is -4.82. The van der Waals surface area contributed by atoms with Gasteiger partial charge < -0.3 is 10.0 Å². The van der Waals surface area contributed by atoms with E-state index in [1.165, 1.54) is 31.2 Å². The van der Waals surface area contributed by atoms with E-state index >= 15 is 0 Å². The number of carboxylic acid groups (broad SMARTS) is 1. The molecule has 2 heterocycles. The van der Waals surface area contributed by atoms with Crippen LogP contribution in [0.25, 0.3) is 11.3 Å². The molecular weight excluding hydrogens is 516 g/mol. The summed E-state index contributed by atoms with van der Waals surface area (Å²) >= 11 is 0. The number of nitrogens with zero attached hydrogens (tertiary/aromatic N) is 3. The number of aromatic nitrogens is 2. The highest BCUT2D eigenvalue weighted by molar-refractivity contribution is 7.92. The van der Waals surface area contributed by atoms with Crippen LogP contribution in [0.2, 0.25) is 0 Å². The molecule has 0 spiro atoms. The lowest BCUT2D eigenvalue weighted by molar-refractivity contribution is -0.138. The fraction of sp³-hybridized carbons (Fsp3) is 0.292. The molecule has 3 aromatic rings. The first kappa shape index (κ1) is 27.8. The van der Waals surface area contributed by atoms with E-state index in [0.717, 1.165) is 12.1 Å². The SMILES string of the molecule is Cc1c(F)cccc1-c1nc(NS(=O)(=O)c2cccc(N(C)CCCCC(=O)O)n2)ccc1C(F)(F)F. The molecule has 0 atom stereocenters. The van der Waals surface area contributed by atoms with Crippen LogP contribution in [0, 0.1) is 12.7 Å². The van der Waals surface area contributed by atoms with Crippen LogP contribution in [-0.4, -0.2) is 43.1 Å². The fourth-order valence-electron chi connectivity index (χ4n) is 3.51. The molecule has 0 aliphatic rings. The van der Waals surface area contributed by atoms with E-state index in [4.69, 9.17) is 5.11 Å². The Labute approximate surface area is 211 Å². The number of carboxylic acids is 1. The van der Waals surface area contributed by atoms with E-state index in [0.29, 0.717) is 31.3 Å². The number of nitrogens with one attached hydrogen (secondary N) is 1. The number of hydrogen-bond donors (Lipinski definition) is 2. The number of alkyl halides is 3. The topological polar surface area (TPSA) is 112 Å². The second-order valence-electron chi connectivity index (χ2n) is 8.21. The summed E-state index contributed by atoms with van der Waals surface area (Å²) in [7, 11) is -2.69. The van der Waals surface area contributed by atoms with Crippen molar-refractivity contribution in [1.29, 1.82) is 0 Å². The summed E-state index contributed by atoms with van der Waals surface area (Å²) < 4.78 is 83.1. The van der Waals surface area contributed by atoms with Gasteiger partial charge in [-0.25, -0.2) is 14.4 Å². The number of anilines is 2. The third kappa shape index (κ3) is 6.94. The monoisotopic (exact) mass is 540 g/mol. The summed E-state index contributed by atoms with van der Waals surface area (Å²) in [6.45, 7) is 1.73. The highest BCUT2D eigenvalue weighted by Crippen LogP contribution is 2.38. The molecule has 0 unspecified atom stereocenters. The number of carbonyl (C=O) groups is 1. The Morgan fingerprint density at radius 3 is 2.43 bits per heavy atom. The number of hydrogen-bond acceptors (Lipinski definition) is 6. The second kappa shape index (κ2) is 11.1. The lowest BCUT2D eigenvalue weighted by Gasteiger charge is -2.19. The van der Waals surface area contributed by atoms with Crippen LogP contribution in [0.3, 0.4) is 0 Å². The summed E-state index contributed by atoms with van der Waals surface area (Å²) in [5, 5.41) is 8.33. The van der Waals surface area contributed by atoms with Crippen LogP contribution in [0.5, 0.6) is 0 Å². The van der Waals surface area contributed by atoms with Crippen molar-refractivity contribution in [2.75, 3.05) is 23.2 Å². The third-order valence-electron chi connectivity index (χ3n) is 5.47. The van der Waals surface area contributed by atoms with Gasteiger partial charge in [0.25, 0.3) is 10.0 Å². The van der Waals surface area contributed by atoms with Gasteiger partial charge in [-0.15, -0.1) is 0 Å². The number of unbranched alkanes of at least 4 members (excludes halogenated alkanes) is 1. The van der Waals surface area contributed by atoms with E-state index in [1.807, 2.05) is 0 Å². The fourth-order valence-corrected chi connectivity index (χ4v) is 4.47. The van der Waals surface area contributed by atoms with Gasteiger partial charge in [-0.3, -0.25) is 9.52 Å². The van der Waals surface area contributed by atoms with Crippen LogP contribution in [0.15, 0.2) is 53.6 Å². The molecular formula is C24H24F4N4O4S. The van der Waals surface area contributed by atoms with Gasteiger partial charge in [0, 0.05) is 25.6 Å². The minimum Gasteiger partial charge on any atom is -0.481 e. The summed E-state index contributed by atoms with van der Waals surface area (Å²) in [6, 6.07) is 9.39. The Hall–Kier alpha value is -3.74. The van der Waals surface area contributed by atoms with Crippen LogP contribution < -0.4 is 9.62 Å². The number of halogens is 4. The van der Waals surface area contributed by atoms with Crippen molar-refractivity contribution in [1.82, 2.24) is 9.97 Å². The highest BCUT2D eigenvalue weighted by Gasteiger charge is 2.35. The molecule has 0 aliphatic carbocycles. The minimum absolute atomic E-state index is 0.0108. The highest BCUT2D eigenvalue weighted by atomic mass is 32.2. The van der Waals surface area contributed by atoms with Gasteiger partial charge in [0.15, 0.2) is 5.03 Å². The second-order valence-corrected chi connectivity index (χ2v) is 9.84. The smallest absolute Gasteiger partial charge is 0.418 e. The lowest BCUT2D eigenvalue weighted by Crippen LogP contribution is -2.22. The Balaban J connectivity index is 1.90. The molecule has 2 N–H and O–H groups in total. The molecule has 37 heavy (non-hydrogen) atoms. The summed E-state index contributed by atoms with van der Waals surface area (Å²) in [5.74, 6) is -1.74. The standard InChI is InChI=1S/C24H24F4N4O4S/c1-15-16(7-5-8-18(15)25)23-17(24(26,27)28)12-13-19(29-23)31-37(35,36)21-10-6-9-20(30-21)32(2)14-4-3-11-22(33)34/h5-10,12-13H,3-4,11,14H2,1-2H3,(H,29,31)(H,33,34). The largest absolute Gasteiger partial charge is 0.481 e. The Kier molecular flexibility index (Phi) is 8.36. The van der Waals surface area contributed by atoms with Crippen molar-refractivity contribution in [3.05, 3.63) is 65.5 Å². The zero-order valence-electron chi connectivity index (χ0n) is 19.9. The van der Waals surface area contributed by atoms with Crippen LogP contribution in [-0.2, 0) is 21.0 Å². The first-order chi connectivity index (χ1) is 17.3. The van der Waals surface area contributed by atoms with Gasteiger partial charge >= 0.3 is 12.1 Å². The maximum absolute atomic E-state index is 14.1. The van der Waals surface area contributed by atoms with Crippen molar-refractivity contribution in [3.8, 4) is 11.3 Å². The molecule has 198 valence electrons. The van der Waals surface area contributed by atoms with Crippen LogP contribution in [0.1, 0.15) is 30.4 Å². The molecule has 13 heteroatoms. The van der Waals surface area contributed by atoms with Crippen molar-refractivity contribution in [3.63, 3.8) is 0 Å². The van der Waals surface area contributed by atoms with Gasteiger partial charge in [-0.2, -0.15) is 21.6 Å². The molecule has 1 aromatic carbocycles. The van der Waals surface area contributed by atoms with E-state index in [9.17, 15) is 30.8 Å². The maximum Gasteiger partial charge on any atom is 0.418 e. The van der Waals surface area contributed by atoms with E-state index in [2.05, 4.69) is 14.7 Å². The predicted molar refractivity (Wildman–Crippen MR) is 129 cm³/mol. The Morgan fingerprint density at radius 1 is 1.05 bits per heavy atom. The predicted octanol–water partition coefficient (Wildman–Crippen LogP) is 5.10. The molecule has 0 bridgehead atoms. The Morgan fingerprint density at radius 2 is 1.76 bits per heavy atom. The molecule has 0 radical (unpaired) electrons. The molecule has 0 aliphatic heterocycles. The first-order valence-corrected chi connectivity index (χ1v) is 12.5. The normalized spacial score (nSPS) is 11.8. The number of benzene rings is 1. The van der Waals surface area contributed by atoms with Crippen molar-refractivity contribution in [2.45, 2.75) is 37.4 Å². The molecule has 8 nitrogen and oxygen atoms in total. The van der Waals surface area contributed by atoms with Crippen molar-refractivity contribution in [2.24, 2.45) is 0 Å². The van der Waals surface area contributed by atoms with Gasteiger partial charge in [0.1, 0.15) is 17.5 Å². The molecule has 0 saturated carbocycles. The number of aliphatic carboxylic acids is 1. The average Bonchev–Trinajstić information content (AvgIpc) is 2.82. The molecule has 0 saturated heterocycles. The summed E-state index contributed by atoms with van der Waals surface area (Å²) in [4.78, 5) is 20.3. The number of sulfonamides is 1. The summed E-state index contributed by atoms with van der Waals surface area (Å²) in [5.41, 5.74) is -1.96. The molecule has 0 fully saturated rings. The molecule has 3 rings (SSSR count). The zero-order chi connectivity index (χ0) is 27.4. The van der Waals surface area contributed by atoms with Gasteiger partial charge in [-0.05, 0) is 55.7 Å². The number of rotatable bonds is 10. The first-order valence-electron chi connectivity index (χ1n) is 11.1. The van der Waals surface area contributed by atoms with E-state index in [1.54, 1.807) is 18.0 Å². The molecule has 2 aromatic heterocycles. The van der Waals surface area contributed by atoms with E-state index < -0.39 is 50.1 Å². The van der Waals surface area contributed by atoms with E-state index in [-0.39, 0.29) is 17.5 Å². The Bertz CT molecular complexity index is 1400. The van der Waals surface area contributed by atoms with Gasteiger partial charge in [-0.1, -0.05) is 18.2 Å². The quantitative estimate of drug-likeness (QED) is 0.272. The van der Waals surface area contributed by atoms with Gasteiger partial charge in [0.05, 0.1) is 11.3 Å². The van der Waals surface area contributed by atoms with Crippen molar-refractivity contribution >= 4 is 27.6 Å². The van der Waals surface area contributed by atoms with Crippen LogP contribution >= 0.6 is 0 Å². The third-order valence-corrected chi connectivity index (χ3v) is 6.73.